The Morgan fingerprint density at radius 3 is 1.88 bits per heavy atom. The molecule has 0 N–H and O–H groups in total. The molecule has 42 heavy (non-hydrogen) atoms. The van der Waals surface area contributed by atoms with Crippen LogP contribution in [0.5, 0.6) is 5.75 Å². The molecule has 0 unspecified atom stereocenters. The molecule has 0 bridgehead atoms. The molecule has 6 rings (SSSR count). The lowest BCUT2D eigenvalue weighted by molar-refractivity contribution is -0.268. The van der Waals surface area contributed by atoms with Crippen molar-refractivity contribution in [1.29, 1.82) is 0 Å². The first kappa shape index (κ1) is 26.4. The Labute approximate surface area is 243 Å². The van der Waals surface area contributed by atoms with E-state index in [1.165, 1.54) is 48.6 Å². The summed E-state index contributed by atoms with van der Waals surface area (Å²) in [7, 11) is 0. The first-order valence-electron chi connectivity index (χ1n) is 13.3. The second-order valence-electron chi connectivity index (χ2n) is 9.91. The summed E-state index contributed by atoms with van der Waals surface area (Å²) in [6.45, 7) is 0. The van der Waals surface area contributed by atoms with Crippen molar-refractivity contribution in [3.8, 4) is 16.9 Å². The van der Waals surface area contributed by atoms with Crippen LogP contribution in [-0.4, -0.2) is 17.3 Å². The van der Waals surface area contributed by atoms with E-state index in [0.29, 0.717) is 0 Å². The number of carbonyl (C=O) groups excluding carboxylic acids is 3. The van der Waals surface area contributed by atoms with Crippen LogP contribution in [0.25, 0.3) is 22.4 Å². The third kappa shape index (κ3) is 5.85. The van der Waals surface area contributed by atoms with Crippen LogP contribution in [-0.2, 0) is 14.4 Å². The number of hydrogen-bond donors (Lipinski definition) is 0. The first-order valence-corrected chi connectivity index (χ1v) is 13.3. The molecule has 3 aliphatic rings. The molecule has 3 aromatic rings. The van der Waals surface area contributed by atoms with Crippen molar-refractivity contribution in [2.24, 2.45) is 0 Å². The fraction of sp³-hybridized carbons (Fsp3) is 0. The molecule has 0 spiro atoms. The van der Waals surface area contributed by atoms with Gasteiger partial charge in [0.15, 0.2) is 5.78 Å². The minimum atomic E-state index is -0.0760. The molecule has 0 atom stereocenters. The fourth-order valence-electron chi connectivity index (χ4n) is 4.82. The summed E-state index contributed by atoms with van der Waals surface area (Å²) in [5, 5.41) is 13.4. The van der Waals surface area contributed by atoms with Crippen molar-refractivity contribution in [3.05, 3.63) is 179 Å². The highest BCUT2D eigenvalue weighted by Gasteiger charge is 2.19. The van der Waals surface area contributed by atoms with E-state index in [4.69, 9.17) is 0 Å². The van der Waals surface area contributed by atoms with Crippen molar-refractivity contribution in [3.63, 3.8) is 0 Å². The molecule has 198 valence electrons. The van der Waals surface area contributed by atoms with Crippen LogP contribution in [0.2, 0.25) is 0 Å². The number of ketones is 3. The molecule has 4 heteroatoms. The van der Waals surface area contributed by atoms with Gasteiger partial charge in [0.05, 0.1) is 28.2 Å². The summed E-state index contributed by atoms with van der Waals surface area (Å²) >= 11 is 0. The molecule has 0 aromatic heterocycles. The van der Waals surface area contributed by atoms with Gasteiger partial charge in [0.1, 0.15) is 0 Å². The van der Waals surface area contributed by atoms with Gasteiger partial charge in [-0.25, -0.2) is 0 Å². The van der Waals surface area contributed by atoms with E-state index in [1.807, 2.05) is 36.4 Å². The van der Waals surface area contributed by atoms with Gasteiger partial charge in [0, 0.05) is 66.0 Å². The Hall–Kier alpha value is -5.83. The third-order valence-electron chi connectivity index (χ3n) is 7.02. The van der Waals surface area contributed by atoms with Gasteiger partial charge in [0.25, 0.3) is 0 Å². The van der Waals surface area contributed by atoms with Gasteiger partial charge in [-0.2, -0.15) is 0 Å². The maximum absolute atomic E-state index is 11.8. The molecule has 0 saturated carbocycles. The molecule has 4 nitrogen and oxygen atoms in total. The number of allylic oxidation sites excluding steroid dienone is 12. The van der Waals surface area contributed by atoms with Crippen LogP contribution >= 0.6 is 0 Å². The Kier molecular flexibility index (Phi) is 7.13. The Balaban J connectivity index is 1.50. The molecular weight excluding hydrogens is 520 g/mol. The smallest absolute Gasteiger partial charge is 0.242 e. The molecule has 0 saturated heterocycles. The van der Waals surface area contributed by atoms with Gasteiger partial charge in [-0.3, -0.25) is 14.4 Å². The molecule has 0 radical (unpaired) electrons. The largest absolute Gasteiger partial charge is 0.872 e. The molecule has 3 aromatic carbocycles. The van der Waals surface area contributed by atoms with Gasteiger partial charge < -0.3 is 5.11 Å². The second-order valence-corrected chi connectivity index (χ2v) is 9.91. The summed E-state index contributed by atoms with van der Waals surface area (Å²) in [6, 6.07) is 18.5. The zero-order chi connectivity index (χ0) is 29.1. The van der Waals surface area contributed by atoms with E-state index < -0.39 is 0 Å². The minimum Gasteiger partial charge on any atom is -0.872 e. The summed E-state index contributed by atoms with van der Waals surface area (Å²) < 4.78 is 0. The maximum atomic E-state index is 11.8. The Morgan fingerprint density at radius 1 is 0.595 bits per heavy atom. The Morgan fingerprint density at radius 2 is 1.21 bits per heavy atom. The van der Waals surface area contributed by atoms with Crippen LogP contribution in [0.15, 0.2) is 134 Å². The van der Waals surface area contributed by atoms with Crippen molar-refractivity contribution in [2.75, 3.05) is 0 Å². The molecule has 0 amide bonds. The van der Waals surface area contributed by atoms with Crippen LogP contribution in [0, 0.1) is 17.9 Å². The standard InChI is InChI=1S/C38H22O4/c39-34-13-5-26(6-14-34)31-4-3-29(38(24-31)30-11-19-37(42)20-12-30)2-1-25-21-32(27-7-15-35(40)16-8-27)23-33(22-25)28-9-17-36(41)18-10-28/h3-24H. The van der Waals surface area contributed by atoms with Gasteiger partial charge in [-0.1, -0.05) is 35.9 Å². The zero-order valence-corrected chi connectivity index (χ0v) is 22.3. The Bertz CT molecular complexity index is 1920. The van der Waals surface area contributed by atoms with Crippen molar-refractivity contribution < 1.29 is 19.5 Å². The number of rotatable bonds is 4. The van der Waals surface area contributed by atoms with Crippen molar-refractivity contribution >= 4 is 28.7 Å². The third-order valence-corrected chi connectivity index (χ3v) is 7.02. The minimum absolute atomic E-state index is 0.0537. The molecule has 0 heterocycles. The average Bonchev–Trinajstić information content (AvgIpc) is 3.01. The van der Waals surface area contributed by atoms with Gasteiger partial charge in [-0.15, -0.1) is 17.5 Å². The lowest BCUT2D eigenvalue weighted by atomic mass is 9.89. The summed E-state index contributed by atoms with van der Waals surface area (Å²) in [6.07, 6.45) is 23.2. The maximum Gasteiger partial charge on any atom is 0.242 e. The first-order chi connectivity index (χ1) is 20.4. The summed E-state index contributed by atoms with van der Waals surface area (Å²) in [4.78, 5) is 35.2. The number of benzene rings is 3. The predicted octanol–water partition coefficient (Wildman–Crippen LogP) is 4.30. The molecule has 0 aliphatic heterocycles. The van der Waals surface area contributed by atoms with Crippen molar-refractivity contribution in [1.82, 2.24) is 0 Å². The van der Waals surface area contributed by atoms with E-state index in [9.17, 15) is 19.5 Å². The van der Waals surface area contributed by atoms with E-state index in [0.717, 1.165) is 55.7 Å². The average molecular weight is 543 g/mol. The van der Waals surface area contributed by atoms with E-state index >= 15 is 0 Å². The van der Waals surface area contributed by atoms with E-state index in [2.05, 4.69) is 11.8 Å². The highest BCUT2D eigenvalue weighted by atomic mass is 16.3. The monoisotopic (exact) mass is 542 g/mol. The fourth-order valence-corrected chi connectivity index (χ4v) is 4.82. The van der Waals surface area contributed by atoms with Crippen LogP contribution in [0.1, 0.15) is 16.7 Å². The summed E-state index contributed by atoms with van der Waals surface area (Å²) in [5.41, 5.74) is 8.52. The van der Waals surface area contributed by atoms with Crippen LogP contribution in [0.3, 0.4) is 0 Å². The van der Waals surface area contributed by atoms with Crippen molar-refractivity contribution in [2.45, 2.75) is 0 Å². The second kappa shape index (κ2) is 11.3. The molecule has 0 fully saturated rings. The van der Waals surface area contributed by atoms with E-state index in [1.54, 1.807) is 48.6 Å². The molecular formula is C38H22O4. The number of hydrogen-bond acceptors (Lipinski definition) is 4. The summed E-state index contributed by atoms with van der Waals surface area (Å²) in [5.74, 6) is 1.48. The highest BCUT2D eigenvalue weighted by Crippen LogP contribution is 2.29. The van der Waals surface area contributed by atoms with Crippen LogP contribution < -0.4 is 15.5 Å². The zero-order valence-electron chi connectivity index (χ0n) is 22.3. The quantitative estimate of drug-likeness (QED) is 0.461. The predicted molar refractivity (Wildman–Crippen MR) is 161 cm³/mol. The highest BCUT2D eigenvalue weighted by molar-refractivity contribution is 6.04. The molecule has 3 aliphatic carbocycles. The SMILES string of the molecule is O=C1C=CC(=c2ccc(=C=[C-]c3cc(-c4ccc([O-])cc4)cc([C+]4C=CC(=O)C=C4)c3)c([C+]3C=CC(=O)C=C3)c2)C=C1. The van der Waals surface area contributed by atoms with E-state index in [-0.39, 0.29) is 23.1 Å². The topological polar surface area (TPSA) is 74.3 Å². The lowest BCUT2D eigenvalue weighted by Gasteiger charge is -2.12. The van der Waals surface area contributed by atoms with Gasteiger partial charge >= 0.3 is 0 Å². The van der Waals surface area contributed by atoms with Gasteiger partial charge in [0.2, 0.25) is 11.6 Å². The van der Waals surface area contributed by atoms with Gasteiger partial charge in [-0.05, 0) is 59.2 Å². The number of carbonyl (C=O) groups is 3. The van der Waals surface area contributed by atoms with Crippen LogP contribution in [0.4, 0.5) is 0 Å². The normalized spacial score (nSPS) is 15.5. The lowest BCUT2D eigenvalue weighted by Crippen LogP contribution is -2.19.